The van der Waals surface area contributed by atoms with E-state index in [0.717, 1.165) is 5.82 Å². The highest BCUT2D eigenvalue weighted by Gasteiger charge is 2.39. The third-order valence-electron chi connectivity index (χ3n) is 4.85. The SMILES string of the molecule is CCN(CC)C(=O)[C@@H]1C[C@@H](NC(=O)c2c[nH]c(=O)[nH]2)CN1Cc1ncc[nH]1. The Hall–Kier alpha value is -2.88. The van der Waals surface area contributed by atoms with Gasteiger partial charge in [-0.15, -0.1) is 0 Å². The number of aromatic amines is 3. The molecular weight excluding hydrogens is 350 g/mol. The minimum Gasteiger partial charge on any atom is -0.348 e. The van der Waals surface area contributed by atoms with Crippen LogP contribution < -0.4 is 11.0 Å². The number of carbonyl (C=O) groups excluding carboxylic acids is 2. The van der Waals surface area contributed by atoms with Crippen molar-refractivity contribution in [1.29, 1.82) is 0 Å². The Morgan fingerprint density at radius 3 is 2.70 bits per heavy atom. The summed E-state index contributed by atoms with van der Waals surface area (Å²) in [6, 6.07) is -0.527. The van der Waals surface area contributed by atoms with Gasteiger partial charge in [0.25, 0.3) is 5.91 Å². The molecule has 2 amide bonds. The molecular formula is C17H25N7O3. The Kier molecular flexibility index (Phi) is 5.75. The van der Waals surface area contributed by atoms with Crippen LogP contribution in [-0.4, -0.2) is 73.3 Å². The number of H-pyrrole nitrogens is 3. The molecule has 0 saturated carbocycles. The number of likely N-dealkylation sites (tertiary alicyclic amines) is 1. The van der Waals surface area contributed by atoms with Crippen LogP contribution in [0, 0.1) is 0 Å². The van der Waals surface area contributed by atoms with Crippen LogP contribution in [0.4, 0.5) is 0 Å². The molecule has 1 aliphatic rings. The number of likely N-dealkylation sites (N-methyl/N-ethyl adjacent to an activating group) is 1. The van der Waals surface area contributed by atoms with Crippen LogP contribution in [0.3, 0.4) is 0 Å². The predicted molar refractivity (Wildman–Crippen MR) is 98.0 cm³/mol. The second-order valence-corrected chi connectivity index (χ2v) is 6.55. The second-order valence-electron chi connectivity index (χ2n) is 6.55. The molecule has 2 aromatic heterocycles. The Bertz CT molecular complexity index is 822. The van der Waals surface area contributed by atoms with Crippen LogP contribution in [-0.2, 0) is 11.3 Å². The summed E-state index contributed by atoms with van der Waals surface area (Å²) >= 11 is 0. The fraction of sp³-hybridized carbons (Fsp3) is 0.529. The smallest absolute Gasteiger partial charge is 0.323 e. The Labute approximate surface area is 156 Å². The molecule has 27 heavy (non-hydrogen) atoms. The lowest BCUT2D eigenvalue weighted by molar-refractivity contribution is -0.135. The van der Waals surface area contributed by atoms with Gasteiger partial charge in [-0.05, 0) is 20.3 Å². The van der Waals surface area contributed by atoms with Crippen LogP contribution in [0.5, 0.6) is 0 Å². The van der Waals surface area contributed by atoms with E-state index in [2.05, 4.69) is 25.3 Å². The molecule has 1 fully saturated rings. The molecule has 0 spiro atoms. The van der Waals surface area contributed by atoms with E-state index in [1.807, 2.05) is 18.7 Å². The van der Waals surface area contributed by atoms with Crippen molar-refractivity contribution in [3.8, 4) is 0 Å². The summed E-state index contributed by atoms with van der Waals surface area (Å²) in [7, 11) is 0. The molecule has 0 bridgehead atoms. The van der Waals surface area contributed by atoms with E-state index >= 15 is 0 Å². The zero-order valence-electron chi connectivity index (χ0n) is 15.5. The number of hydrogen-bond acceptors (Lipinski definition) is 5. The molecule has 10 heteroatoms. The molecule has 3 heterocycles. The molecule has 0 unspecified atom stereocenters. The lowest BCUT2D eigenvalue weighted by atomic mass is 10.1. The Morgan fingerprint density at radius 1 is 1.33 bits per heavy atom. The van der Waals surface area contributed by atoms with Gasteiger partial charge < -0.3 is 25.2 Å². The number of nitrogens with one attached hydrogen (secondary N) is 4. The number of carbonyl (C=O) groups is 2. The highest BCUT2D eigenvalue weighted by molar-refractivity contribution is 5.92. The number of nitrogens with zero attached hydrogens (tertiary/aromatic N) is 3. The number of amides is 2. The number of rotatable bonds is 7. The highest BCUT2D eigenvalue weighted by Crippen LogP contribution is 2.22. The minimum absolute atomic E-state index is 0.0540. The average Bonchev–Trinajstić information content (AvgIpc) is 3.38. The van der Waals surface area contributed by atoms with Crippen molar-refractivity contribution in [3.05, 3.63) is 40.6 Å². The topological polar surface area (TPSA) is 130 Å². The molecule has 3 rings (SSSR count). The number of hydrogen-bond donors (Lipinski definition) is 4. The van der Waals surface area contributed by atoms with Gasteiger partial charge in [0.2, 0.25) is 5.91 Å². The maximum atomic E-state index is 12.9. The first-order valence-corrected chi connectivity index (χ1v) is 9.11. The van der Waals surface area contributed by atoms with Crippen LogP contribution in [0.25, 0.3) is 0 Å². The maximum absolute atomic E-state index is 12.9. The normalized spacial score (nSPS) is 19.9. The van der Waals surface area contributed by atoms with Gasteiger partial charge in [0.05, 0.1) is 12.6 Å². The first kappa shape index (κ1) is 18.9. The van der Waals surface area contributed by atoms with Gasteiger partial charge in [-0.2, -0.15) is 0 Å². The lowest BCUT2D eigenvalue weighted by Crippen LogP contribution is -2.45. The van der Waals surface area contributed by atoms with Gasteiger partial charge in [-0.3, -0.25) is 14.5 Å². The van der Waals surface area contributed by atoms with Crippen LogP contribution in [0.1, 0.15) is 36.6 Å². The van der Waals surface area contributed by atoms with Crippen molar-refractivity contribution in [2.24, 2.45) is 0 Å². The van der Waals surface area contributed by atoms with E-state index < -0.39 is 5.69 Å². The standard InChI is InChI=1S/C17H25N7O3/c1-3-23(4-2)16(26)13-7-11(9-24(13)10-14-18-5-6-19-14)21-15(25)12-8-20-17(27)22-12/h5-6,8,11,13H,3-4,7,9-10H2,1-2H3,(H,18,19)(H,21,25)(H2,20,22,27)/t11-,13+/m1/s1. The summed E-state index contributed by atoms with van der Waals surface area (Å²) in [6.45, 7) is 6.21. The molecule has 1 aliphatic heterocycles. The predicted octanol–water partition coefficient (Wildman–Crippen LogP) is -0.333. The zero-order chi connectivity index (χ0) is 19.4. The Balaban J connectivity index is 1.72. The fourth-order valence-corrected chi connectivity index (χ4v) is 3.48. The molecule has 146 valence electrons. The highest BCUT2D eigenvalue weighted by atomic mass is 16.2. The van der Waals surface area contributed by atoms with Crippen LogP contribution in [0.2, 0.25) is 0 Å². The van der Waals surface area contributed by atoms with Gasteiger partial charge in [0.15, 0.2) is 0 Å². The van der Waals surface area contributed by atoms with Crippen molar-refractivity contribution >= 4 is 11.8 Å². The largest absolute Gasteiger partial charge is 0.348 e. The van der Waals surface area contributed by atoms with Crippen molar-refractivity contribution in [1.82, 2.24) is 35.1 Å². The zero-order valence-corrected chi connectivity index (χ0v) is 15.5. The quantitative estimate of drug-likeness (QED) is 0.526. The van der Waals surface area contributed by atoms with E-state index in [1.54, 1.807) is 17.3 Å². The molecule has 0 aromatic carbocycles. The minimum atomic E-state index is -0.430. The molecule has 2 aromatic rings. The Morgan fingerprint density at radius 2 is 2.11 bits per heavy atom. The van der Waals surface area contributed by atoms with E-state index in [-0.39, 0.29) is 29.6 Å². The van der Waals surface area contributed by atoms with E-state index in [9.17, 15) is 14.4 Å². The van der Waals surface area contributed by atoms with Gasteiger partial charge in [-0.1, -0.05) is 0 Å². The van der Waals surface area contributed by atoms with Gasteiger partial charge >= 0.3 is 5.69 Å². The monoisotopic (exact) mass is 375 g/mol. The molecule has 0 aliphatic carbocycles. The summed E-state index contributed by atoms with van der Waals surface area (Å²) in [5.41, 5.74) is -0.253. The van der Waals surface area contributed by atoms with Crippen LogP contribution >= 0.6 is 0 Å². The average molecular weight is 375 g/mol. The first-order chi connectivity index (χ1) is 13.0. The second kappa shape index (κ2) is 8.21. The lowest BCUT2D eigenvalue weighted by Gasteiger charge is -2.28. The van der Waals surface area contributed by atoms with Gasteiger partial charge in [0.1, 0.15) is 11.5 Å². The van der Waals surface area contributed by atoms with E-state index in [4.69, 9.17) is 0 Å². The van der Waals surface area contributed by atoms with Crippen molar-refractivity contribution in [3.63, 3.8) is 0 Å². The van der Waals surface area contributed by atoms with Crippen molar-refractivity contribution < 1.29 is 9.59 Å². The summed E-state index contributed by atoms with van der Waals surface area (Å²) < 4.78 is 0. The van der Waals surface area contributed by atoms with Crippen molar-refractivity contribution in [2.45, 2.75) is 38.9 Å². The van der Waals surface area contributed by atoms with Gasteiger partial charge in [0, 0.05) is 44.3 Å². The molecule has 1 saturated heterocycles. The maximum Gasteiger partial charge on any atom is 0.323 e. The summed E-state index contributed by atoms with van der Waals surface area (Å²) in [5.74, 6) is 0.458. The molecule has 0 radical (unpaired) electrons. The summed E-state index contributed by atoms with van der Waals surface area (Å²) in [5, 5.41) is 2.91. The van der Waals surface area contributed by atoms with E-state index in [0.29, 0.717) is 32.6 Å². The fourth-order valence-electron chi connectivity index (χ4n) is 3.48. The molecule has 4 N–H and O–H groups in total. The van der Waals surface area contributed by atoms with Crippen molar-refractivity contribution in [2.75, 3.05) is 19.6 Å². The summed E-state index contributed by atoms with van der Waals surface area (Å²) in [6.07, 6.45) is 5.27. The number of aromatic nitrogens is 4. The first-order valence-electron chi connectivity index (χ1n) is 9.11. The molecule has 10 nitrogen and oxygen atoms in total. The van der Waals surface area contributed by atoms with E-state index in [1.165, 1.54) is 6.20 Å². The number of imidazole rings is 2. The third kappa shape index (κ3) is 4.27. The third-order valence-corrected chi connectivity index (χ3v) is 4.85. The molecule has 2 atom stereocenters. The van der Waals surface area contributed by atoms with Gasteiger partial charge in [-0.25, -0.2) is 9.78 Å². The van der Waals surface area contributed by atoms with Crippen LogP contribution in [0.15, 0.2) is 23.4 Å². The summed E-state index contributed by atoms with van der Waals surface area (Å²) in [4.78, 5) is 52.4.